The second-order valence-electron chi connectivity index (χ2n) is 3.75. The van der Waals surface area contributed by atoms with Gasteiger partial charge in [-0.2, -0.15) is 5.10 Å². The van der Waals surface area contributed by atoms with Gasteiger partial charge in [0.05, 0.1) is 6.54 Å². The monoisotopic (exact) mass is 199 g/mol. The molecular formula is C9H17N3S. The molecule has 13 heavy (non-hydrogen) atoms. The number of thioether (sulfide) groups is 1. The van der Waals surface area contributed by atoms with Gasteiger partial charge in [-0.25, -0.2) is 5.01 Å². The summed E-state index contributed by atoms with van der Waals surface area (Å²) in [5.41, 5.74) is 0.185. The Bertz CT molecular complexity index is 233. The molecule has 0 spiro atoms. The number of nitrogens with zero attached hydrogens (tertiary/aromatic N) is 3. The first-order valence-electron chi connectivity index (χ1n) is 4.50. The van der Waals surface area contributed by atoms with Gasteiger partial charge in [-0.3, -0.25) is 4.99 Å². The van der Waals surface area contributed by atoms with Crippen molar-refractivity contribution in [1.82, 2.24) is 5.01 Å². The van der Waals surface area contributed by atoms with Crippen molar-refractivity contribution in [2.75, 3.05) is 19.3 Å². The molecule has 0 aromatic rings. The van der Waals surface area contributed by atoms with Crippen LogP contribution < -0.4 is 0 Å². The molecule has 0 N–H and O–H groups in total. The molecule has 74 valence electrons. The number of hydrogen-bond acceptors (Lipinski definition) is 3. The van der Waals surface area contributed by atoms with Crippen LogP contribution in [0.3, 0.4) is 0 Å². The summed E-state index contributed by atoms with van der Waals surface area (Å²) in [4.78, 5) is 4.38. The summed E-state index contributed by atoms with van der Waals surface area (Å²) < 4.78 is 0. The molecule has 0 aromatic carbocycles. The van der Waals surface area contributed by atoms with Gasteiger partial charge in [0.25, 0.3) is 0 Å². The van der Waals surface area contributed by atoms with Crippen LogP contribution in [0.1, 0.15) is 20.8 Å². The molecular weight excluding hydrogens is 182 g/mol. The predicted molar refractivity (Wildman–Crippen MR) is 60.5 cm³/mol. The molecule has 1 aliphatic rings. The van der Waals surface area contributed by atoms with E-state index in [2.05, 4.69) is 23.9 Å². The van der Waals surface area contributed by atoms with Crippen LogP contribution in [0.5, 0.6) is 0 Å². The maximum absolute atomic E-state index is 4.38. The smallest absolute Gasteiger partial charge is 0.179 e. The Morgan fingerprint density at radius 2 is 2.38 bits per heavy atom. The molecule has 1 rings (SSSR count). The Kier molecular flexibility index (Phi) is 3.36. The SMILES string of the molecule is CC/N=C(\SC)N1CC(C)(C)C=N1. The van der Waals surface area contributed by atoms with Crippen molar-refractivity contribution in [1.29, 1.82) is 0 Å². The van der Waals surface area contributed by atoms with Crippen LogP contribution >= 0.6 is 11.8 Å². The third-order valence-electron chi connectivity index (χ3n) is 1.80. The van der Waals surface area contributed by atoms with Crippen LogP contribution in [0.4, 0.5) is 0 Å². The molecule has 1 heterocycles. The van der Waals surface area contributed by atoms with Gasteiger partial charge < -0.3 is 0 Å². The number of hydrogen-bond donors (Lipinski definition) is 0. The predicted octanol–water partition coefficient (Wildman–Crippen LogP) is 2.05. The Morgan fingerprint density at radius 3 is 2.77 bits per heavy atom. The molecule has 0 aliphatic carbocycles. The van der Waals surface area contributed by atoms with Crippen molar-refractivity contribution in [3.05, 3.63) is 0 Å². The van der Waals surface area contributed by atoms with Gasteiger partial charge in [-0.15, -0.1) is 0 Å². The molecule has 0 bridgehead atoms. The molecule has 0 saturated heterocycles. The van der Waals surface area contributed by atoms with E-state index in [9.17, 15) is 0 Å². The van der Waals surface area contributed by atoms with E-state index < -0.39 is 0 Å². The molecule has 0 atom stereocenters. The van der Waals surface area contributed by atoms with E-state index in [1.54, 1.807) is 11.8 Å². The first kappa shape index (κ1) is 10.6. The van der Waals surface area contributed by atoms with Gasteiger partial charge in [0.15, 0.2) is 5.17 Å². The average molecular weight is 199 g/mol. The fraction of sp³-hybridized carbons (Fsp3) is 0.778. The van der Waals surface area contributed by atoms with Crippen LogP contribution in [-0.4, -0.2) is 35.7 Å². The largest absolute Gasteiger partial charge is 0.261 e. The maximum atomic E-state index is 4.38. The first-order chi connectivity index (χ1) is 6.09. The second kappa shape index (κ2) is 4.13. The van der Waals surface area contributed by atoms with E-state index in [0.29, 0.717) is 0 Å². The van der Waals surface area contributed by atoms with Gasteiger partial charge in [0, 0.05) is 18.2 Å². The van der Waals surface area contributed by atoms with Crippen LogP contribution in [0, 0.1) is 5.41 Å². The second-order valence-corrected chi connectivity index (χ2v) is 4.53. The van der Waals surface area contributed by atoms with Crippen molar-refractivity contribution in [2.24, 2.45) is 15.5 Å². The Balaban J connectivity index is 2.65. The summed E-state index contributed by atoms with van der Waals surface area (Å²) in [6.45, 7) is 8.16. The van der Waals surface area contributed by atoms with E-state index >= 15 is 0 Å². The lowest BCUT2D eigenvalue weighted by atomic mass is 9.97. The normalized spacial score (nSPS) is 21.2. The summed E-state index contributed by atoms with van der Waals surface area (Å²) in [6.07, 6.45) is 4.03. The van der Waals surface area contributed by atoms with Gasteiger partial charge >= 0.3 is 0 Å². The fourth-order valence-corrected chi connectivity index (χ4v) is 1.78. The third kappa shape index (κ3) is 2.72. The van der Waals surface area contributed by atoms with E-state index in [-0.39, 0.29) is 5.41 Å². The van der Waals surface area contributed by atoms with Gasteiger partial charge in [-0.05, 0) is 13.2 Å². The van der Waals surface area contributed by atoms with Crippen molar-refractivity contribution in [3.8, 4) is 0 Å². The number of rotatable bonds is 1. The van der Waals surface area contributed by atoms with Gasteiger partial charge in [-0.1, -0.05) is 25.6 Å². The number of hydrazone groups is 1. The molecule has 3 nitrogen and oxygen atoms in total. The standard InChI is InChI=1S/C9H17N3S/c1-5-10-8(13-4)12-7-9(2,3)6-11-12/h6H,5,7H2,1-4H3/b10-8-. The first-order valence-corrected chi connectivity index (χ1v) is 5.72. The minimum atomic E-state index is 0.185. The summed E-state index contributed by atoms with van der Waals surface area (Å²) in [6, 6.07) is 0. The van der Waals surface area contributed by atoms with Gasteiger partial charge in [0.2, 0.25) is 0 Å². The molecule has 0 saturated carbocycles. The Hall–Kier alpha value is -0.510. The topological polar surface area (TPSA) is 28.0 Å². The summed E-state index contributed by atoms with van der Waals surface area (Å²) >= 11 is 1.65. The van der Waals surface area contributed by atoms with E-state index in [0.717, 1.165) is 18.3 Å². The quantitative estimate of drug-likeness (QED) is 0.477. The Morgan fingerprint density at radius 1 is 1.69 bits per heavy atom. The van der Waals surface area contributed by atoms with Crippen LogP contribution in [-0.2, 0) is 0 Å². The minimum absolute atomic E-state index is 0.185. The van der Waals surface area contributed by atoms with Crippen LogP contribution in [0.15, 0.2) is 10.1 Å². The zero-order valence-corrected chi connectivity index (χ0v) is 9.56. The van der Waals surface area contributed by atoms with Crippen LogP contribution in [0.2, 0.25) is 0 Å². The summed E-state index contributed by atoms with van der Waals surface area (Å²) in [5.74, 6) is 0. The zero-order valence-electron chi connectivity index (χ0n) is 8.74. The minimum Gasteiger partial charge on any atom is -0.261 e. The van der Waals surface area contributed by atoms with E-state index in [4.69, 9.17) is 0 Å². The molecule has 0 radical (unpaired) electrons. The highest BCUT2D eigenvalue weighted by Gasteiger charge is 2.27. The lowest BCUT2D eigenvalue weighted by Crippen LogP contribution is -2.27. The number of amidine groups is 1. The highest BCUT2D eigenvalue weighted by Crippen LogP contribution is 2.23. The molecule has 0 unspecified atom stereocenters. The fourth-order valence-electron chi connectivity index (χ4n) is 1.20. The maximum Gasteiger partial charge on any atom is 0.179 e. The van der Waals surface area contributed by atoms with E-state index in [1.807, 2.05) is 24.4 Å². The third-order valence-corrected chi connectivity index (χ3v) is 2.51. The highest BCUT2D eigenvalue weighted by atomic mass is 32.2. The lowest BCUT2D eigenvalue weighted by Gasteiger charge is -2.19. The van der Waals surface area contributed by atoms with Crippen LogP contribution in [0.25, 0.3) is 0 Å². The molecule has 4 heteroatoms. The molecule has 0 fully saturated rings. The Labute approximate surface area is 84.3 Å². The molecule has 0 amide bonds. The average Bonchev–Trinajstić information content (AvgIpc) is 2.42. The van der Waals surface area contributed by atoms with Crippen molar-refractivity contribution in [3.63, 3.8) is 0 Å². The molecule has 0 aromatic heterocycles. The van der Waals surface area contributed by atoms with Crippen molar-refractivity contribution in [2.45, 2.75) is 20.8 Å². The molecule has 1 aliphatic heterocycles. The summed E-state index contributed by atoms with van der Waals surface area (Å²) in [5, 5.41) is 7.33. The van der Waals surface area contributed by atoms with Gasteiger partial charge in [0.1, 0.15) is 0 Å². The number of aliphatic imine (C=N–C) groups is 1. The van der Waals surface area contributed by atoms with Crippen molar-refractivity contribution >= 4 is 23.1 Å². The zero-order chi connectivity index (χ0) is 9.90. The highest BCUT2D eigenvalue weighted by molar-refractivity contribution is 8.13. The summed E-state index contributed by atoms with van der Waals surface area (Å²) in [7, 11) is 0. The van der Waals surface area contributed by atoms with Crippen molar-refractivity contribution < 1.29 is 0 Å². The lowest BCUT2D eigenvalue weighted by molar-refractivity contribution is 0.391. The van der Waals surface area contributed by atoms with E-state index in [1.165, 1.54) is 0 Å².